The minimum atomic E-state index is -4.72. The number of aryl methyl sites for hydroxylation is 1. The van der Waals surface area contributed by atoms with E-state index >= 15 is 0 Å². The molecule has 1 N–H and O–H groups in total. The van der Waals surface area contributed by atoms with Gasteiger partial charge in [0.05, 0.1) is 22.6 Å². The first-order valence-corrected chi connectivity index (χ1v) is 18.5. The number of methoxy groups -OCH3 is 1. The van der Waals surface area contributed by atoms with E-state index in [2.05, 4.69) is 5.32 Å². The molecule has 0 spiro atoms. The van der Waals surface area contributed by atoms with Crippen LogP contribution in [0.15, 0.2) is 89.8 Å². The van der Waals surface area contributed by atoms with Crippen LogP contribution in [0.5, 0.6) is 5.75 Å². The summed E-state index contributed by atoms with van der Waals surface area (Å²) in [5.74, 6) is -1.17. The van der Waals surface area contributed by atoms with E-state index in [9.17, 15) is 28.1 Å². The average Bonchev–Trinajstić information content (AvgIpc) is 3.09. The number of sulfonamides is 1. The van der Waals surface area contributed by atoms with E-state index in [0.29, 0.717) is 23.6 Å². The van der Waals surface area contributed by atoms with E-state index < -0.39 is 49.9 Å². The normalized spacial score (nSPS) is 11.8. The van der Waals surface area contributed by atoms with Gasteiger partial charge in [-0.05, 0) is 60.9 Å². The molecule has 0 aliphatic rings. The molecule has 0 radical (unpaired) electrons. The number of anilines is 1. The zero-order chi connectivity index (χ0) is 37.3. The average molecular weight is 776 g/mol. The molecular formula is C36H37Cl3N4O7S. The Morgan fingerprint density at radius 2 is 1.65 bits per heavy atom. The minimum Gasteiger partial charge on any atom is -0.495 e. The summed E-state index contributed by atoms with van der Waals surface area (Å²) in [5.41, 5.74) is 0.925. The number of nitro benzene ring substituents is 1. The van der Waals surface area contributed by atoms with E-state index in [1.807, 2.05) is 37.3 Å². The smallest absolute Gasteiger partial charge is 0.273 e. The molecule has 0 aromatic heterocycles. The number of hydrogen-bond acceptors (Lipinski definition) is 7. The lowest BCUT2D eigenvalue weighted by Crippen LogP contribution is -2.53. The van der Waals surface area contributed by atoms with Gasteiger partial charge in [-0.1, -0.05) is 90.6 Å². The summed E-state index contributed by atoms with van der Waals surface area (Å²) in [7, 11) is -3.39. The molecule has 4 aromatic carbocycles. The molecular weight excluding hydrogens is 739 g/mol. The highest BCUT2D eigenvalue weighted by atomic mass is 35.5. The Kier molecular flexibility index (Phi) is 13.7. The zero-order valence-corrected chi connectivity index (χ0v) is 31.2. The summed E-state index contributed by atoms with van der Waals surface area (Å²) in [6.45, 7) is 2.78. The fourth-order valence-electron chi connectivity index (χ4n) is 5.34. The molecule has 0 unspecified atom stereocenters. The third-order valence-electron chi connectivity index (χ3n) is 8.11. The first-order valence-electron chi connectivity index (χ1n) is 15.9. The molecule has 0 saturated carbocycles. The van der Waals surface area contributed by atoms with Gasteiger partial charge in [0.15, 0.2) is 0 Å². The molecule has 0 saturated heterocycles. The van der Waals surface area contributed by atoms with Crippen LogP contribution in [-0.2, 0) is 32.6 Å². The van der Waals surface area contributed by atoms with Crippen molar-refractivity contribution in [3.05, 3.63) is 127 Å². The van der Waals surface area contributed by atoms with Crippen molar-refractivity contribution in [2.24, 2.45) is 0 Å². The highest BCUT2D eigenvalue weighted by Crippen LogP contribution is 2.36. The van der Waals surface area contributed by atoms with Crippen LogP contribution in [0, 0.1) is 17.0 Å². The number of unbranched alkanes of at least 4 members (excludes halogenated alkanes) is 1. The molecule has 0 aliphatic heterocycles. The number of nitrogens with one attached hydrogen (secondary N) is 1. The molecule has 11 nitrogen and oxygen atoms in total. The summed E-state index contributed by atoms with van der Waals surface area (Å²) in [4.78, 5) is 40.7. The number of ether oxygens (including phenoxy) is 1. The van der Waals surface area contributed by atoms with E-state index in [-0.39, 0.29) is 40.0 Å². The molecule has 0 heterocycles. The lowest BCUT2D eigenvalue weighted by atomic mass is 10.0. The SMILES string of the molecule is CCCCNC(=O)[C@@H](Cc1ccccc1)N(Cc1ccc(Cl)cc1Cl)C(=O)CN(c1cc(Cl)ccc1OC)S(=O)(=O)c1ccc(C)c([N+](=O)[O-])c1. The number of nitro groups is 1. The minimum absolute atomic E-state index is 0.0582. The Balaban J connectivity index is 1.90. The zero-order valence-electron chi connectivity index (χ0n) is 28.1. The number of nitrogens with zero attached hydrogens (tertiary/aromatic N) is 3. The molecule has 4 rings (SSSR count). The third kappa shape index (κ3) is 9.91. The monoisotopic (exact) mass is 774 g/mol. The fourth-order valence-corrected chi connectivity index (χ4v) is 7.41. The van der Waals surface area contributed by atoms with Crippen LogP contribution in [0.4, 0.5) is 11.4 Å². The van der Waals surface area contributed by atoms with E-state index in [1.165, 1.54) is 55.3 Å². The van der Waals surface area contributed by atoms with Crippen LogP contribution in [0.1, 0.15) is 36.5 Å². The summed E-state index contributed by atoms with van der Waals surface area (Å²) >= 11 is 19.1. The number of benzene rings is 4. The van der Waals surface area contributed by atoms with Gasteiger partial charge < -0.3 is 15.0 Å². The molecule has 2 amide bonds. The molecule has 270 valence electrons. The maximum Gasteiger partial charge on any atom is 0.273 e. The van der Waals surface area contributed by atoms with Crippen LogP contribution >= 0.6 is 34.8 Å². The second-order valence-corrected chi connectivity index (χ2v) is 14.8. The molecule has 15 heteroatoms. The van der Waals surface area contributed by atoms with Crippen molar-refractivity contribution in [2.45, 2.75) is 50.6 Å². The maximum atomic E-state index is 14.8. The predicted molar refractivity (Wildman–Crippen MR) is 199 cm³/mol. The Morgan fingerprint density at radius 1 is 0.961 bits per heavy atom. The standard InChI is InChI=1S/C36H37Cl3N4O7S/c1-4-5-17-40-36(45)33(18-25-9-7-6-8-10-25)41(22-26-12-13-27(37)19-30(26)39)35(44)23-42(32-20-28(38)14-16-34(32)50-3)51(48,49)29-15-11-24(2)31(21-29)43(46)47/h6-16,19-21,33H,4-5,17-18,22-23H2,1-3H3,(H,40,45)/t33-/m1/s1. The fraction of sp³-hybridized carbons (Fsp3) is 0.278. The summed E-state index contributed by atoms with van der Waals surface area (Å²) in [6, 6.07) is 20.4. The number of hydrogen-bond donors (Lipinski definition) is 1. The predicted octanol–water partition coefficient (Wildman–Crippen LogP) is 7.62. The van der Waals surface area contributed by atoms with Crippen LogP contribution in [0.3, 0.4) is 0 Å². The van der Waals surface area contributed by atoms with Gasteiger partial charge in [-0.15, -0.1) is 0 Å². The van der Waals surface area contributed by atoms with Gasteiger partial charge in [-0.3, -0.25) is 24.0 Å². The van der Waals surface area contributed by atoms with Gasteiger partial charge in [-0.25, -0.2) is 8.42 Å². The Labute approximate surface area is 312 Å². The second kappa shape index (κ2) is 17.7. The third-order valence-corrected chi connectivity index (χ3v) is 10.7. The van der Waals surface area contributed by atoms with Gasteiger partial charge in [0.2, 0.25) is 11.8 Å². The first kappa shape index (κ1) is 39.4. The Morgan fingerprint density at radius 3 is 2.29 bits per heavy atom. The highest BCUT2D eigenvalue weighted by molar-refractivity contribution is 7.92. The van der Waals surface area contributed by atoms with E-state index in [0.717, 1.165) is 22.4 Å². The van der Waals surface area contributed by atoms with Crippen molar-refractivity contribution < 1.29 is 27.7 Å². The molecule has 0 bridgehead atoms. The van der Waals surface area contributed by atoms with E-state index in [4.69, 9.17) is 39.5 Å². The lowest BCUT2D eigenvalue weighted by Gasteiger charge is -2.34. The second-order valence-electron chi connectivity index (χ2n) is 11.6. The van der Waals surface area contributed by atoms with Crippen molar-refractivity contribution in [2.75, 3.05) is 24.5 Å². The van der Waals surface area contributed by atoms with Crippen molar-refractivity contribution in [1.82, 2.24) is 10.2 Å². The van der Waals surface area contributed by atoms with Gasteiger partial charge >= 0.3 is 0 Å². The Hall–Kier alpha value is -4.36. The number of carbonyl (C=O) groups excluding carboxylic acids is 2. The van der Waals surface area contributed by atoms with E-state index in [1.54, 1.807) is 12.1 Å². The summed E-state index contributed by atoms with van der Waals surface area (Å²) < 4.78 is 35.3. The van der Waals surface area contributed by atoms with Crippen molar-refractivity contribution >= 4 is 68.0 Å². The summed E-state index contributed by atoms with van der Waals surface area (Å²) in [5, 5.41) is 15.4. The largest absolute Gasteiger partial charge is 0.495 e. The van der Waals surface area contributed by atoms with Crippen molar-refractivity contribution in [1.29, 1.82) is 0 Å². The van der Waals surface area contributed by atoms with Gasteiger partial charge in [0.1, 0.15) is 18.3 Å². The Bertz CT molecular complexity index is 2000. The maximum absolute atomic E-state index is 14.8. The number of halogens is 3. The van der Waals surface area contributed by atoms with Crippen LogP contribution in [0.2, 0.25) is 15.1 Å². The van der Waals surface area contributed by atoms with Crippen molar-refractivity contribution in [3.8, 4) is 5.75 Å². The van der Waals surface area contributed by atoms with Crippen LogP contribution in [-0.4, -0.2) is 56.3 Å². The van der Waals surface area contributed by atoms with Crippen LogP contribution in [0.25, 0.3) is 0 Å². The number of rotatable bonds is 16. The molecule has 1 atom stereocenters. The highest BCUT2D eigenvalue weighted by Gasteiger charge is 2.36. The topological polar surface area (TPSA) is 139 Å². The number of carbonyl (C=O) groups is 2. The first-order chi connectivity index (χ1) is 24.3. The molecule has 4 aromatic rings. The molecule has 51 heavy (non-hydrogen) atoms. The molecule has 0 fully saturated rings. The quantitative estimate of drug-likeness (QED) is 0.0702. The van der Waals surface area contributed by atoms with Crippen molar-refractivity contribution in [3.63, 3.8) is 0 Å². The van der Waals surface area contributed by atoms with Gasteiger partial charge in [0, 0.05) is 46.2 Å². The van der Waals surface area contributed by atoms with Gasteiger partial charge in [0.25, 0.3) is 15.7 Å². The lowest BCUT2D eigenvalue weighted by molar-refractivity contribution is -0.385. The number of amides is 2. The van der Waals surface area contributed by atoms with Gasteiger partial charge in [-0.2, -0.15) is 0 Å². The molecule has 0 aliphatic carbocycles. The summed E-state index contributed by atoms with van der Waals surface area (Å²) in [6.07, 6.45) is 1.61. The van der Waals surface area contributed by atoms with Crippen LogP contribution < -0.4 is 14.4 Å².